The van der Waals surface area contributed by atoms with E-state index in [1.807, 2.05) is 0 Å². The van der Waals surface area contributed by atoms with Crippen LogP contribution in [0.3, 0.4) is 0 Å². The normalized spacial score (nSPS) is 15.7. The highest BCUT2D eigenvalue weighted by molar-refractivity contribution is 8.18. The van der Waals surface area contributed by atoms with Gasteiger partial charge in [-0.2, -0.15) is 0 Å². The van der Waals surface area contributed by atoms with Crippen molar-refractivity contribution in [2.75, 3.05) is 13.1 Å². The third-order valence-corrected chi connectivity index (χ3v) is 4.74. The molecule has 134 valence electrons. The number of aromatic amines is 1. The Morgan fingerprint density at radius 2 is 2.23 bits per heavy atom. The lowest BCUT2D eigenvalue weighted by Gasteiger charge is -2.12. The molecule has 9 heteroatoms. The first-order valence-electron chi connectivity index (χ1n) is 7.78. The summed E-state index contributed by atoms with van der Waals surface area (Å²) >= 11 is 6.73. The van der Waals surface area contributed by atoms with E-state index in [0.29, 0.717) is 23.6 Å². The van der Waals surface area contributed by atoms with E-state index in [-0.39, 0.29) is 11.4 Å². The van der Waals surface area contributed by atoms with Gasteiger partial charge in [0.25, 0.3) is 11.1 Å². The van der Waals surface area contributed by atoms with Crippen molar-refractivity contribution in [1.82, 2.24) is 20.2 Å². The number of benzene rings is 1. The van der Waals surface area contributed by atoms with E-state index < -0.39 is 17.1 Å². The smallest absolute Gasteiger partial charge is 0.294 e. The Morgan fingerprint density at radius 3 is 2.96 bits per heavy atom. The van der Waals surface area contributed by atoms with E-state index in [2.05, 4.69) is 15.3 Å². The van der Waals surface area contributed by atoms with E-state index in [1.165, 1.54) is 0 Å². The molecule has 1 aromatic carbocycles. The molecule has 2 N–H and O–H groups in total. The third kappa shape index (κ3) is 4.53. The zero-order chi connectivity index (χ0) is 18.5. The molecule has 0 spiro atoms. The quantitative estimate of drug-likeness (QED) is 0.739. The van der Waals surface area contributed by atoms with Crippen LogP contribution in [0.1, 0.15) is 11.3 Å². The van der Waals surface area contributed by atoms with Crippen molar-refractivity contribution in [2.45, 2.75) is 6.42 Å². The topological polar surface area (TPSA) is 95.2 Å². The van der Waals surface area contributed by atoms with Gasteiger partial charge in [0.2, 0.25) is 5.91 Å². The monoisotopic (exact) mass is 390 g/mol. The molecule has 1 fully saturated rings. The van der Waals surface area contributed by atoms with Gasteiger partial charge in [-0.3, -0.25) is 19.3 Å². The highest BCUT2D eigenvalue weighted by atomic mass is 35.5. The second-order valence-electron chi connectivity index (χ2n) is 5.50. The zero-order valence-corrected chi connectivity index (χ0v) is 15.1. The molecule has 0 aliphatic carbocycles. The van der Waals surface area contributed by atoms with Crippen LogP contribution in [0.5, 0.6) is 0 Å². The molecule has 0 unspecified atom stereocenters. The van der Waals surface area contributed by atoms with Gasteiger partial charge in [-0.1, -0.05) is 23.7 Å². The van der Waals surface area contributed by atoms with Crippen LogP contribution in [0.15, 0.2) is 41.7 Å². The van der Waals surface area contributed by atoms with Gasteiger partial charge in [-0.25, -0.2) is 4.98 Å². The van der Waals surface area contributed by atoms with Gasteiger partial charge in [0.15, 0.2) is 0 Å². The first kappa shape index (κ1) is 18.2. The Labute approximate surface area is 158 Å². The minimum atomic E-state index is -0.483. The molecule has 1 aliphatic rings. The Hall–Kier alpha value is -2.58. The van der Waals surface area contributed by atoms with Crippen LogP contribution >= 0.6 is 23.4 Å². The number of rotatable bonds is 6. The number of imidazole rings is 1. The molecular weight excluding hydrogens is 376 g/mol. The third-order valence-electron chi connectivity index (χ3n) is 3.59. The van der Waals surface area contributed by atoms with Gasteiger partial charge in [-0.15, -0.1) is 0 Å². The molecule has 26 heavy (non-hydrogen) atoms. The number of H-pyrrole nitrogens is 1. The van der Waals surface area contributed by atoms with Crippen LogP contribution in [0.4, 0.5) is 4.79 Å². The van der Waals surface area contributed by atoms with Crippen LogP contribution in [-0.2, 0) is 16.0 Å². The van der Waals surface area contributed by atoms with Crippen molar-refractivity contribution in [3.63, 3.8) is 0 Å². The number of nitrogens with one attached hydrogen (secondary N) is 2. The molecule has 1 saturated heterocycles. The number of amides is 3. The summed E-state index contributed by atoms with van der Waals surface area (Å²) in [5.74, 6) is -0.875. The van der Waals surface area contributed by atoms with Crippen LogP contribution in [0, 0.1) is 0 Å². The largest absolute Gasteiger partial charge is 0.354 e. The van der Waals surface area contributed by atoms with E-state index in [4.69, 9.17) is 11.6 Å². The highest BCUT2D eigenvalue weighted by Crippen LogP contribution is 2.32. The second kappa shape index (κ2) is 8.20. The van der Waals surface area contributed by atoms with Crippen LogP contribution in [-0.4, -0.2) is 45.0 Å². The average molecular weight is 391 g/mol. The van der Waals surface area contributed by atoms with Gasteiger partial charge in [0, 0.05) is 29.9 Å². The zero-order valence-electron chi connectivity index (χ0n) is 13.6. The maximum Gasteiger partial charge on any atom is 0.294 e. The first-order chi connectivity index (χ1) is 12.5. The van der Waals surface area contributed by atoms with Crippen molar-refractivity contribution in [1.29, 1.82) is 0 Å². The molecule has 0 atom stereocenters. The second-order valence-corrected chi connectivity index (χ2v) is 6.93. The van der Waals surface area contributed by atoms with Gasteiger partial charge >= 0.3 is 0 Å². The van der Waals surface area contributed by atoms with Gasteiger partial charge in [0.05, 0.1) is 11.2 Å². The molecule has 3 rings (SSSR count). The highest BCUT2D eigenvalue weighted by Gasteiger charge is 2.36. The Balaban J connectivity index is 1.57. The number of aromatic nitrogens is 2. The Kier molecular flexibility index (Phi) is 5.75. The number of hydrogen-bond donors (Lipinski definition) is 2. The predicted octanol–water partition coefficient (Wildman–Crippen LogP) is 2.46. The minimum Gasteiger partial charge on any atom is -0.354 e. The summed E-state index contributed by atoms with van der Waals surface area (Å²) in [4.78, 5) is 44.5. The summed E-state index contributed by atoms with van der Waals surface area (Å²) in [6.45, 7) is 0.0795. The number of carbonyl (C=O) groups excluding carboxylic acids is 3. The summed E-state index contributed by atoms with van der Waals surface area (Å²) < 4.78 is 0. The van der Waals surface area contributed by atoms with E-state index in [1.54, 1.807) is 42.9 Å². The lowest BCUT2D eigenvalue weighted by molar-refractivity contribution is -0.129. The Bertz CT molecular complexity index is 867. The number of nitrogens with zero attached hydrogens (tertiary/aromatic N) is 2. The molecule has 0 saturated carbocycles. The van der Waals surface area contributed by atoms with Crippen molar-refractivity contribution in [3.05, 3.63) is 58.0 Å². The SMILES string of the molecule is O=C(CN1C(=O)S/C(=C\c2cccc(Cl)c2)C1=O)NCCc1cnc[nH]1. The molecule has 1 aromatic heterocycles. The summed E-state index contributed by atoms with van der Waals surface area (Å²) in [6, 6.07) is 6.95. The number of thioether (sulfide) groups is 1. The lowest BCUT2D eigenvalue weighted by atomic mass is 10.2. The molecule has 3 amide bonds. The number of halogens is 1. The maximum atomic E-state index is 12.4. The maximum absolute atomic E-state index is 12.4. The summed E-state index contributed by atoms with van der Waals surface area (Å²) in [7, 11) is 0. The number of imide groups is 1. The lowest BCUT2D eigenvalue weighted by Crippen LogP contribution is -2.40. The molecular formula is C17H15ClN4O3S. The van der Waals surface area contributed by atoms with Crippen molar-refractivity contribution < 1.29 is 14.4 Å². The fourth-order valence-corrected chi connectivity index (χ4v) is 3.38. The molecule has 2 heterocycles. The predicted molar refractivity (Wildman–Crippen MR) is 99.4 cm³/mol. The van der Waals surface area contributed by atoms with Crippen molar-refractivity contribution in [3.8, 4) is 0 Å². The number of hydrogen-bond acceptors (Lipinski definition) is 5. The van der Waals surface area contributed by atoms with Crippen LogP contribution < -0.4 is 5.32 Å². The molecule has 0 radical (unpaired) electrons. The van der Waals surface area contributed by atoms with E-state index >= 15 is 0 Å². The summed E-state index contributed by atoms with van der Waals surface area (Å²) in [5.41, 5.74) is 1.60. The molecule has 1 aliphatic heterocycles. The fraction of sp³-hybridized carbons (Fsp3) is 0.176. The van der Waals surface area contributed by atoms with Gasteiger partial charge in [0.1, 0.15) is 6.54 Å². The standard InChI is InChI=1S/C17H15ClN4O3S/c18-12-3-1-2-11(6-12)7-14-16(24)22(17(25)26-14)9-15(23)20-5-4-13-8-19-10-21-13/h1-3,6-8,10H,4-5,9H2,(H,19,21)(H,20,23)/b14-7-. The van der Waals surface area contributed by atoms with Gasteiger partial charge in [-0.05, 0) is 35.5 Å². The van der Waals surface area contributed by atoms with Crippen molar-refractivity contribution >= 4 is 46.5 Å². The summed E-state index contributed by atoms with van der Waals surface area (Å²) in [5, 5.41) is 2.75. The van der Waals surface area contributed by atoms with E-state index in [0.717, 1.165) is 22.4 Å². The van der Waals surface area contributed by atoms with Crippen LogP contribution in [0.25, 0.3) is 6.08 Å². The molecule has 2 aromatic rings. The fourth-order valence-electron chi connectivity index (χ4n) is 2.34. The molecule has 0 bridgehead atoms. The first-order valence-corrected chi connectivity index (χ1v) is 8.97. The number of carbonyl (C=O) groups is 3. The average Bonchev–Trinajstić information content (AvgIpc) is 3.19. The van der Waals surface area contributed by atoms with Crippen LogP contribution in [0.2, 0.25) is 5.02 Å². The Morgan fingerprint density at radius 1 is 1.38 bits per heavy atom. The van der Waals surface area contributed by atoms with Crippen molar-refractivity contribution in [2.24, 2.45) is 0 Å². The van der Waals surface area contributed by atoms with E-state index in [9.17, 15) is 14.4 Å². The summed E-state index contributed by atoms with van der Waals surface area (Å²) in [6.07, 6.45) is 5.40. The minimum absolute atomic E-state index is 0.266. The molecule has 7 nitrogen and oxygen atoms in total. The van der Waals surface area contributed by atoms with Gasteiger partial charge < -0.3 is 10.3 Å².